The van der Waals surface area contributed by atoms with E-state index in [9.17, 15) is 4.79 Å². The number of amides is 1. The third-order valence-corrected chi connectivity index (χ3v) is 5.11. The van der Waals surface area contributed by atoms with E-state index in [0.29, 0.717) is 36.9 Å². The summed E-state index contributed by atoms with van der Waals surface area (Å²) in [5.41, 5.74) is 0.945. The SMILES string of the molecule is CCOc1ccc([C@@H](C)NC(=O)[C@@H](CC)Oc2cccc3ccccc23)cc1OCC. The summed E-state index contributed by atoms with van der Waals surface area (Å²) in [5, 5.41) is 5.16. The molecule has 3 rings (SSSR count). The molecule has 0 bridgehead atoms. The van der Waals surface area contributed by atoms with Crippen molar-refractivity contribution in [2.24, 2.45) is 0 Å². The molecule has 31 heavy (non-hydrogen) atoms. The maximum atomic E-state index is 13.0. The lowest BCUT2D eigenvalue weighted by molar-refractivity contribution is -0.128. The van der Waals surface area contributed by atoms with Gasteiger partial charge in [-0.3, -0.25) is 4.79 Å². The molecule has 164 valence electrons. The highest BCUT2D eigenvalue weighted by Gasteiger charge is 2.22. The molecule has 0 unspecified atom stereocenters. The van der Waals surface area contributed by atoms with E-state index < -0.39 is 6.10 Å². The van der Waals surface area contributed by atoms with Crippen LogP contribution in [0.15, 0.2) is 60.7 Å². The van der Waals surface area contributed by atoms with Crippen molar-refractivity contribution in [3.8, 4) is 17.2 Å². The van der Waals surface area contributed by atoms with Gasteiger partial charge in [0.2, 0.25) is 0 Å². The van der Waals surface area contributed by atoms with E-state index in [1.807, 2.05) is 88.4 Å². The monoisotopic (exact) mass is 421 g/mol. The molecule has 0 aliphatic carbocycles. The first-order valence-corrected chi connectivity index (χ1v) is 10.9. The van der Waals surface area contributed by atoms with Crippen LogP contribution in [0.2, 0.25) is 0 Å². The van der Waals surface area contributed by atoms with Crippen molar-refractivity contribution in [1.29, 1.82) is 0 Å². The fourth-order valence-electron chi connectivity index (χ4n) is 3.50. The van der Waals surface area contributed by atoms with E-state index in [1.54, 1.807) is 0 Å². The summed E-state index contributed by atoms with van der Waals surface area (Å²) in [4.78, 5) is 13.0. The summed E-state index contributed by atoms with van der Waals surface area (Å²) in [5.74, 6) is 1.96. The molecule has 0 fully saturated rings. The predicted octanol–water partition coefficient (Wildman–Crippen LogP) is 5.67. The highest BCUT2D eigenvalue weighted by molar-refractivity contribution is 5.89. The van der Waals surface area contributed by atoms with Gasteiger partial charge in [0.1, 0.15) is 5.75 Å². The fraction of sp³-hybridized carbons (Fsp3) is 0.346. The van der Waals surface area contributed by atoms with Crippen LogP contribution in [-0.4, -0.2) is 25.2 Å². The van der Waals surface area contributed by atoms with Crippen LogP contribution in [0, 0.1) is 0 Å². The van der Waals surface area contributed by atoms with Gasteiger partial charge < -0.3 is 19.5 Å². The molecule has 0 saturated carbocycles. The van der Waals surface area contributed by atoms with Gasteiger partial charge in [0, 0.05) is 5.39 Å². The van der Waals surface area contributed by atoms with Gasteiger partial charge in [0.05, 0.1) is 19.3 Å². The molecule has 0 aliphatic heterocycles. The van der Waals surface area contributed by atoms with Crippen LogP contribution >= 0.6 is 0 Å². The Morgan fingerprint density at radius 3 is 2.32 bits per heavy atom. The van der Waals surface area contributed by atoms with Crippen molar-refractivity contribution in [3.05, 3.63) is 66.2 Å². The molecular weight excluding hydrogens is 390 g/mol. The Labute approximate surface area is 184 Å². The number of fused-ring (bicyclic) bond motifs is 1. The Hall–Kier alpha value is -3.21. The van der Waals surface area contributed by atoms with Gasteiger partial charge in [-0.25, -0.2) is 0 Å². The molecule has 3 aromatic rings. The number of benzene rings is 3. The molecule has 1 N–H and O–H groups in total. The Morgan fingerprint density at radius 1 is 0.871 bits per heavy atom. The zero-order chi connectivity index (χ0) is 22.2. The van der Waals surface area contributed by atoms with Crippen molar-refractivity contribution in [1.82, 2.24) is 5.32 Å². The van der Waals surface area contributed by atoms with Gasteiger partial charge in [-0.05, 0) is 56.3 Å². The lowest BCUT2D eigenvalue weighted by Gasteiger charge is -2.22. The van der Waals surface area contributed by atoms with Crippen LogP contribution in [0.5, 0.6) is 17.2 Å². The number of carbonyl (C=O) groups excluding carboxylic acids is 1. The molecule has 0 spiro atoms. The first-order chi connectivity index (χ1) is 15.1. The Balaban J connectivity index is 1.73. The maximum absolute atomic E-state index is 13.0. The van der Waals surface area contributed by atoms with Crippen molar-refractivity contribution in [2.45, 2.75) is 46.3 Å². The average molecular weight is 422 g/mol. The molecule has 0 heterocycles. The maximum Gasteiger partial charge on any atom is 0.261 e. The minimum absolute atomic E-state index is 0.144. The van der Waals surface area contributed by atoms with E-state index in [0.717, 1.165) is 16.3 Å². The second-order valence-electron chi connectivity index (χ2n) is 7.29. The molecule has 5 nitrogen and oxygen atoms in total. The number of hydrogen-bond donors (Lipinski definition) is 1. The Bertz CT molecular complexity index is 1010. The topological polar surface area (TPSA) is 56.8 Å². The van der Waals surface area contributed by atoms with Crippen LogP contribution in [0.4, 0.5) is 0 Å². The standard InChI is InChI=1S/C26H31NO4/c1-5-22(31-23-14-10-12-19-11-8-9-13-21(19)23)26(28)27-18(4)20-15-16-24(29-6-2)25(17-20)30-7-3/h8-18,22H,5-7H2,1-4H3,(H,27,28)/t18-,22-/m1/s1. The molecule has 0 aromatic heterocycles. The summed E-state index contributed by atoms with van der Waals surface area (Å²) in [6, 6.07) is 19.4. The third-order valence-electron chi connectivity index (χ3n) is 5.11. The second-order valence-corrected chi connectivity index (χ2v) is 7.29. The molecule has 2 atom stereocenters. The predicted molar refractivity (Wildman–Crippen MR) is 124 cm³/mol. The molecule has 0 radical (unpaired) electrons. The zero-order valence-electron chi connectivity index (χ0n) is 18.7. The van der Waals surface area contributed by atoms with E-state index >= 15 is 0 Å². The van der Waals surface area contributed by atoms with Gasteiger partial charge in [0.15, 0.2) is 17.6 Å². The van der Waals surface area contributed by atoms with Crippen LogP contribution < -0.4 is 19.5 Å². The highest BCUT2D eigenvalue weighted by atomic mass is 16.5. The van der Waals surface area contributed by atoms with Gasteiger partial charge in [-0.15, -0.1) is 0 Å². The van der Waals surface area contributed by atoms with E-state index in [4.69, 9.17) is 14.2 Å². The van der Waals surface area contributed by atoms with Crippen LogP contribution in [0.25, 0.3) is 10.8 Å². The molecule has 3 aromatic carbocycles. The zero-order valence-corrected chi connectivity index (χ0v) is 18.7. The molecular formula is C26H31NO4. The van der Waals surface area contributed by atoms with Crippen molar-refractivity contribution in [2.75, 3.05) is 13.2 Å². The van der Waals surface area contributed by atoms with E-state index in [1.165, 1.54) is 0 Å². The van der Waals surface area contributed by atoms with Gasteiger partial charge in [-0.2, -0.15) is 0 Å². The van der Waals surface area contributed by atoms with E-state index in [2.05, 4.69) is 5.32 Å². The van der Waals surface area contributed by atoms with Crippen molar-refractivity contribution < 1.29 is 19.0 Å². The quantitative estimate of drug-likeness (QED) is 0.458. The summed E-state index contributed by atoms with van der Waals surface area (Å²) >= 11 is 0. The Morgan fingerprint density at radius 2 is 1.58 bits per heavy atom. The summed E-state index contributed by atoms with van der Waals surface area (Å²) < 4.78 is 17.5. The summed E-state index contributed by atoms with van der Waals surface area (Å²) in [6.45, 7) is 8.88. The van der Waals surface area contributed by atoms with Gasteiger partial charge in [-0.1, -0.05) is 49.4 Å². The third kappa shape index (κ3) is 5.48. The number of rotatable bonds is 10. The van der Waals surface area contributed by atoms with E-state index in [-0.39, 0.29) is 11.9 Å². The largest absolute Gasteiger partial charge is 0.490 e. The Kier molecular flexibility index (Phi) is 7.76. The summed E-state index contributed by atoms with van der Waals surface area (Å²) in [7, 11) is 0. The number of ether oxygens (including phenoxy) is 3. The van der Waals surface area contributed by atoms with Crippen molar-refractivity contribution >= 4 is 16.7 Å². The molecule has 0 aliphatic rings. The molecule has 0 saturated heterocycles. The van der Waals surface area contributed by atoms with Crippen molar-refractivity contribution in [3.63, 3.8) is 0 Å². The lowest BCUT2D eigenvalue weighted by atomic mass is 10.1. The first kappa shape index (κ1) is 22.5. The second kappa shape index (κ2) is 10.7. The average Bonchev–Trinajstić information content (AvgIpc) is 2.78. The van der Waals surface area contributed by atoms with Crippen LogP contribution in [0.3, 0.4) is 0 Å². The molecule has 5 heteroatoms. The van der Waals surface area contributed by atoms with Gasteiger partial charge in [0.25, 0.3) is 5.91 Å². The highest BCUT2D eigenvalue weighted by Crippen LogP contribution is 2.31. The molecule has 1 amide bonds. The number of hydrogen-bond acceptors (Lipinski definition) is 4. The normalized spacial score (nSPS) is 12.8. The summed E-state index contributed by atoms with van der Waals surface area (Å²) in [6.07, 6.45) is -0.0165. The van der Waals surface area contributed by atoms with Crippen LogP contribution in [0.1, 0.15) is 45.7 Å². The van der Waals surface area contributed by atoms with Crippen LogP contribution in [-0.2, 0) is 4.79 Å². The lowest BCUT2D eigenvalue weighted by Crippen LogP contribution is -2.39. The van der Waals surface area contributed by atoms with Gasteiger partial charge >= 0.3 is 0 Å². The minimum atomic E-state index is -0.581. The first-order valence-electron chi connectivity index (χ1n) is 10.9. The minimum Gasteiger partial charge on any atom is -0.490 e. The fourth-order valence-corrected chi connectivity index (χ4v) is 3.50. The smallest absolute Gasteiger partial charge is 0.261 e. The number of carbonyl (C=O) groups is 1. The number of nitrogens with one attached hydrogen (secondary N) is 1.